The number of ether oxygens (including phenoxy) is 2. The van der Waals surface area contributed by atoms with Gasteiger partial charge in [-0.25, -0.2) is 0 Å². The van der Waals surface area contributed by atoms with Crippen molar-refractivity contribution in [3.05, 3.63) is 29.8 Å². The molecule has 1 atom stereocenters. The van der Waals surface area contributed by atoms with E-state index in [0.29, 0.717) is 45.2 Å². The van der Waals surface area contributed by atoms with Gasteiger partial charge in [-0.3, -0.25) is 9.89 Å². The first-order valence-electron chi connectivity index (χ1n) is 8.86. The fourth-order valence-electron chi connectivity index (χ4n) is 2.87. The minimum Gasteiger partial charge on any atom is -0.491 e. The summed E-state index contributed by atoms with van der Waals surface area (Å²) in [5.41, 5.74) is 1.04. The van der Waals surface area contributed by atoms with Crippen LogP contribution in [0, 0.1) is 0 Å². The number of nitrogens with zero attached hydrogens (tertiary/aromatic N) is 2. The summed E-state index contributed by atoms with van der Waals surface area (Å²) in [6.45, 7) is 1.50. The molecule has 2 rings (SSSR count). The van der Waals surface area contributed by atoms with E-state index in [1.54, 1.807) is 14.2 Å². The quantitative estimate of drug-likeness (QED) is 0.241. The Balaban J connectivity index is 0.00000392. The number of alkyl halides is 3. The van der Waals surface area contributed by atoms with Crippen molar-refractivity contribution in [1.82, 2.24) is 15.5 Å². The van der Waals surface area contributed by atoms with E-state index < -0.39 is 12.7 Å². The monoisotopic (exact) mass is 516 g/mol. The highest BCUT2D eigenvalue weighted by Gasteiger charge is 2.34. The van der Waals surface area contributed by atoms with Crippen LogP contribution in [0.1, 0.15) is 12.0 Å². The average molecular weight is 516 g/mol. The maximum Gasteiger partial charge on any atom is 0.401 e. The van der Waals surface area contributed by atoms with Crippen molar-refractivity contribution in [2.45, 2.75) is 25.2 Å². The van der Waals surface area contributed by atoms with Crippen LogP contribution in [-0.2, 0) is 11.3 Å². The van der Waals surface area contributed by atoms with E-state index in [-0.39, 0.29) is 30.0 Å². The maximum absolute atomic E-state index is 12.5. The van der Waals surface area contributed by atoms with Crippen molar-refractivity contribution in [1.29, 1.82) is 0 Å². The van der Waals surface area contributed by atoms with Crippen LogP contribution in [0.5, 0.6) is 5.75 Å². The molecule has 1 unspecified atom stereocenters. The number of nitrogens with one attached hydrogen (secondary N) is 2. The third-order valence-corrected chi connectivity index (χ3v) is 4.18. The van der Waals surface area contributed by atoms with Gasteiger partial charge < -0.3 is 20.1 Å². The molecule has 1 aliphatic heterocycles. The minimum absolute atomic E-state index is 0. The van der Waals surface area contributed by atoms with Crippen LogP contribution >= 0.6 is 24.0 Å². The van der Waals surface area contributed by atoms with Crippen molar-refractivity contribution in [3.8, 4) is 5.75 Å². The van der Waals surface area contributed by atoms with Gasteiger partial charge in [-0.2, -0.15) is 13.2 Å². The molecule has 1 saturated heterocycles. The highest BCUT2D eigenvalue weighted by atomic mass is 127. The van der Waals surface area contributed by atoms with Gasteiger partial charge in [0, 0.05) is 39.8 Å². The molecule has 0 aromatic heterocycles. The van der Waals surface area contributed by atoms with E-state index in [2.05, 4.69) is 15.6 Å². The Kier molecular flexibility index (Phi) is 10.9. The molecule has 6 nitrogen and oxygen atoms in total. The van der Waals surface area contributed by atoms with Gasteiger partial charge in [0.25, 0.3) is 0 Å². The summed E-state index contributed by atoms with van der Waals surface area (Å²) < 4.78 is 47.9. The van der Waals surface area contributed by atoms with Gasteiger partial charge in [0.15, 0.2) is 5.96 Å². The lowest BCUT2D eigenvalue weighted by Crippen LogP contribution is -2.44. The molecule has 10 heteroatoms. The van der Waals surface area contributed by atoms with Gasteiger partial charge in [0.05, 0.1) is 13.2 Å². The first-order valence-corrected chi connectivity index (χ1v) is 8.86. The van der Waals surface area contributed by atoms with Crippen molar-refractivity contribution >= 4 is 29.9 Å². The zero-order chi connectivity index (χ0) is 19.7. The van der Waals surface area contributed by atoms with Gasteiger partial charge in [-0.15, -0.1) is 24.0 Å². The van der Waals surface area contributed by atoms with Gasteiger partial charge in [0.2, 0.25) is 0 Å². The molecule has 1 aromatic carbocycles. The topological polar surface area (TPSA) is 58.1 Å². The Hall–Kier alpha value is -1.27. The Bertz CT molecular complexity index is 599. The Morgan fingerprint density at radius 3 is 2.57 bits per heavy atom. The number of rotatable bonds is 8. The molecule has 0 saturated carbocycles. The molecular formula is C18H28F3IN4O2. The molecular weight excluding hydrogens is 488 g/mol. The van der Waals surface area contributed by atoms with Crippen LogP contribution in [0.25, 0.3) is 0 Å². The lowest BCUT2D eigenvalue weighted by molar-refractivity contribution is -0.143. The van der Waals surface area contributed by atoms with E-state index in [0.717, 1.165) is 11.3 Å². The molecule has 2 N–H and O–H groups in total. The van der Waals surface area contributed by atoms with Gasteiger partial charge in [0.1, 0.15) is 12.4 Å². The van der Waals surface area contributed by atoms with Crippen molar-refractivity contribution in [2.75, 3.05) is 47.0 Å². The van der Waals surface area contributed by atoms with Crippen LogP contribution < -0.4 is 15.4 Å². The maximum atomic E-state index is 12.5. The minimum atomic E-state index is -4.16. The Morgan fingerprint density at radius 2 is 1.96 bits per heavy atom. The van der Waals surface area contributed by atoms with Gasteiger partial charge >= 0.3 is 6.18 Å². The SMILES string of the molecule is CN=C(NCc1ccc(OCCOC)cc1)NC1CCN(CC(F)(F)F)C1.I. The summed E-state index contributed by atoms with van der Waals surface area (Å²) >= 11 is 0. The highest BCUT2D eigenvalue weighted by molar-refractivity contribution is 14.0. The second-order valence-electron chi connectivity index (χ2n) is 6.39. The van der Waals surface area contributed by atoms with Crippen LogP contribution in [0.4, 0.5) is 13.2 Å². The number of halogens is 4. The average Bonchev–Trinajstić information content (AvgIpc) is 3.05. The summed E-state index contributed by atoms with van der Waals surface area (Å²) in [6.07, 6.45) is -3.50. The van der Waals surface area contributed by atoms with Crippen LogP contribution in [0.15, 0.2) is 29.3 Å². The van der Waals surface area contributed by atoms with Gasteiger partial charge in [-0.05, 0) is 24.1 Å². The molecule has 1 fully saturated rings. The number of hydrogen-bond acceptors (Lipinski definition) is 4. The molecule has 1 aromatic rings. The van der Waals surface area contributed by atoms with Crippen LogP contribution in [0.2, 0.25) is 0 Å². The smallest absolute Gasteiger partial charge is 0.401 e. The van der Waals surface area contributed by atoms with Crippen LogP contribution in [-0.4, -0.2) is 70.1 Å². The number of guanidine groups is 1. The Labute approximate surface area is 180 Å². The third-order valence-electron chi connectivity index (χ3n) is 4.18. The fraction of sp³-hybridized carbons (Fsp3) is 0.611. The number of methoxy groups -OCH3 is 1. The highest BCUT2D eigenvalue weighted by Crippen LogP contribution is 2.20. The zero-order valence-electron chi connectivity index (χ0n) is 16.1. The van der Waals surface area contributed by atoms with Crippen molar-refractivity contribution in [2.24, 2.45) is 4.99 Å². The standard InChI is InChI=1S/C18H27F3N4O2.HI/c1-22-17(24-15-7-8-25(12-15)13-18(19,20)21)23-11-14-3-5-16(6-4-14)27-10-9-26-2;/h3-6,15H,7-13H2,1-2H3,(H2,22,23,24);1H. The van der Waals surface area contributed by atoms with E-state index in [1.165, 1.54) is 4.90 Å². The molecule has 0 amide bonds. The number of aliphatic imine (C=N–C) groups is 1. The molecule has 1 aliphatic rings. The largest absolute Gasteiger partial charge is 0.491 e. The molecule has 0 aliphatic carbocycles. The van der Waals surface area contributed by atoms with Crippen LogP contribution in [0.3, 0.4) is 0 Å². The molecule has 160 valence electrons. The second-order valence-corrected chi connectivity index (χ2v) is 6.39. The summed E-state index contributed by atoms with van der Waals surface area (Å²) in [5.74, 6) is 1.35. The molecule has 0 radical (unpaired) electrons. The lowest BCUT2D eigenvalue weighted by atomic mass is 10.2. The molecule has 1 heterocycles. The van der Waals surface area contributed by atoms with E-state index in [9.17, 15) is 13.2 Å². The molecule has 0 spiro atoms. The third kappa shape index (κ3) is 9.28. The summed E-state index contributed by atoms with van der Waals surface area (Å²) in [5, 5.41) is 6.37. The van der Waals surface area contributed by atoms with E-state index >= 15 is 0 Å². The summed E-state index contributed by atoms with van der Waals surface area (Å²) in [6, 6.07) is 7.62. The Morgan fingerprint density at radius 1 is 1.25 bits per heavy atom. The second kappa shape index (κ2) is 12.3. The molecule has 0 bridgehead atoms. The first-order chi connectivity index (χ1) is 12.9. The first kappa shape index (κ1) is 24.8. The predicted molar refractivity (Wildman–Crippen MR) is 113 cm³/mol. The number of likely N-dealkylation sites (tertiary alicyclic amines) is 1. The number of hydrogen-bond donors (Lipinski definition) is 2. The van der Waals surface area contributed by atoms with Crippen molar-refractivity contribution in [3.63, 3.8) is 0 Å². The fourth-order valence-corrected chi connectivity index (χ4v) is 2.87. The predicted octanol–water partition coefficient (Wildman–Crippen LogP) is 2.63. The summed E-state index contributed by atoms with van der Waals surface area (Å²) in [4.78, 5) is 5.56. The normalized spacial score (nSPS) is 17.9. The van der Waals surface area contributed by atoms with E-state index in [1.807, 2.05) is 24.3 Å². The molecule has 28 heavy (non-hydrogen) atoms. The lowest BCUT2D eigenvalue weighted by Gasteiger charge is -2.20. The van der Waals surface area contributed by atoms with Gasteiger partial charge in [-0.1, -0.05) is 12.1 Å². The van der Waals surface area contributed by atoms with E-state index in [4.69, 9.17) is 9.47 Å². The van der Waals surface area contributed by atoms with Crippen molar-refractivity contribution < 1.29 is 22.6 Å². The summed E-state index contributed by atoms with van der Waals surface area (Å²) in [7, 11) is 3.27. The number of benzene rings is 1. The zero-order valence-corrected chi connectivity index (χ0v) is 18.4.